The summed E-state index contributed by atoms with van der Waals surface area (Å²) in [5.41, 5.74) is -0.200. The van der Waals surface area contributed by atoms with E-state index in [1.807, 2.05) is 0 Å². The third-order valence-corrected chi connectivity index (χ3v) is 5.84. The minimum atomic E-state index is -4.52. The van der Waals surface area contributed by atoms with E-state index in [-0.39, 0.29) is 16.3 Å². The van der Waals surface area contributed by atoms with Gasteiger partial charge in [0.2, 0.25) is 0 Å². The fourth-order valence-corrected chi connectivity index (χ4v) is 3.84. The molecule has 1 unspecified atom stereocenters. The molecule has 4 rings (SSSR count). The molecule has 0 aliphatic heterocycles. The summed E-state index contributed by atoms with van der Waals surface area (Å²) in [5, 5.41) is 10.2. The molecule has 0 radical (unpaired) electrons. The summed E-state index contributed by atoms with van der Waals surface area (Å²) in [7, 11) is 1.70. The lowest BCUT2D eigenvalue weighted by Crippen LogP contribution is -2.27. The van der Waals surface area contributed by atoms with Gasteiger partial charge in [0.15, 0.2) is 5.65 Å². The van der Waals surface area contributed by atoms with Crippen molar-refractivity contribution in [3.05, 3.63) is 64.1 Å². The third kappa shape index (κ3) is 4.67. The van der Waals surface area contributed by atoms with Gasteiger partial charge >= 0.3 is 6.18 Å². The second-order valence-corrected chi connectivity index (χ2v) is 8.08. The van der Waals surface area contributed by atoms with Crippen LogP contribution >= 0.6 is 11.3 Å². The molecule has 9 nitrogen and oxygen atoms in total. The number of benzene rings is 1. The minimum Gasteiger partial charge on any atom is -0.342 e. The first-order valence-corrected chi connectivity index (χ1v) is 10.3. The molecule has 0 spiro atoms. The van der Waals surface area contributed by atoms with E-state index in [0.29, 0.717) is 16.0 Å². The molecule has 3 heterocycles. The molecule has 0 bridgehead atoms. The van der Waals surface area contributed by atoms with Crippen LogP contribution in [0, 0.1) is 0 Å². The lowest BCUT2D eigenvalue weighted by atomic mass is 10.2. The van der Waals surface area contributed by atoms with Crippen LogP contribution in [-0.2, 0) is 13.2 Å². The number of carbonyl (C=O) groups excluding carboxylic acids is 2. The molecule has 170 valence electrons. The number of amides is 2. The van der Waals surface area contributed by atoms with Crippen LogP contribution in [0.3, 0.4) is 0 Å². The lowest BCUT2D eigenvalue weighted by molar-refractivity contribution is -0.137. The van der Waals surface area contributed by atoms with Crippen LogP contribution in [0.4, 0.5) is 18.9 Å². The van der Waals surface area contributed by atoms with Crippen LogP contribution in [0.1, 0.15) is 43.7 Å². The van der Waals surface area contributed by atoms with Crippen molar-refractivity contribution in [2.75, 3.05) is 5.32 Å². The van der Waals surface area contributed by atoms with E-state index in [9.17, 15) is 22.8 Å². The molecule has 2 N–H and O–H groups in total. The summed E-state index contributed by atoms with van der Waals surface area (Å²) >= 11 is 1.01. The highest BCUT2D eigenvalue weighted by molar-refractivity contribution is 7.13. The number of thiazole rings is 1. The first kappa shape index (κ1) is 22.3. The maximum absolute atomic E-state index is 12.9. The van der Waals surface area contributed by atoms with E-state index in [1.54, 1.807) is 14.0 Å². The van der Waals surface area contributed by atoms with E-state index in [1.165, 1.54) is 35.5 Å². The molecule has 0 saturated heterocycles. The van der Waals surface area contributed by atoms with Gasteiger partial charge in [-0.05, 0) is 25.1 Å². The molecule has 1 atom stereocenters. The molecule has 0 aliphatic rings. The Morgan fingerprint density at radius 2 is 1.91 bits per heavy atom. The summed E-state index contributed by atoms with van der Waals surface area (Å²) in [6.07, 6.45) is -0.454. The molecular weight excluding hydrogens is 459 g/mol. The maximum atomic E-state index is 12.9. The Balaban J connectivity index is 1.45. The Labute approximate surface area is 188 Å². The van der Waals surface area contributed by atoms with Gasteiger partial charge in [0.25, 0.3) is 11.8 Å². The van der Waals surface area contributed by atoms with Gasteiger partial charge in [-0.25, -0.2) is 15.0 Å². The molecule has 4 aromatic rings. The number of halogens is 3. The summed E-state index contributed by atoms with van der Waals surface area (Å²) in [5.74, 6) is -1.07. The average Bonchev–Trinajstić information content (AvgIpc) is 3.41. The molecule has 0 fully saturated rings. The number of alkyl halides is 3. The summed E-state index contributed by atoms with van der Waals surface area (Å²) in [6.45, 7) is 1.69. The fourth-order valence-electron chi connectivity index (χ4n) is 3.03. The first-order valence-electron chi connectivity index (χ1n) is 9.51. The van der Waals surface area contributed by atoms with Gasteiger partial charge in [-0.3, -0.25) is 14.3 Å². The number of rotatable bonds is 5. The van der Waals surface area contributed by atoms with Crippen molar-refractivity contribution in [1.82, 2.24) is 30.0 Å². The highest BCUT2D eigenvalue weighted by Crippen LogP contribution is 2.31. The molecule has 13 heteroatoms. The van der Waals surface area contributed by atoms with E-state index in [0.717, 1.165) is 23.5 Å². The Morgan fingerprint density at radius 3 is 2.67 bits per heavy atom. The van der Waals surface area contributed by atoms with Crippen LogP contribution in [0.5, 0.6) is 0 Å². The van der Waals surface area contributed by atoms with Crippen molar-refractivity contribution in [2.45, 2.75) is 19.1 Å². The van der Waals surface area contributed by atoms with Crippen molar-refractivity contribution in [3.8, 4) is 0 Å². The Morgan fingerprint density at radius 1 is 1.12 bits per heavy atom. The van der Waals surface area contributed by atoms with Crippen molar-refractivity contribution < 1.29 is 22.8 Å². The molecule has 1 aromatic carbocycles. The normalized spacial score (nSPS) is 12.5. The molecular formula is C20H16F3N7O2S. The predicted octanol–water partition coefficient (Wildman–Crippen LogP) is 3.58. The number of carbonyl (C=O) groups is 2. The molecule has 2 amide bonds. The zero-order chi connectivity index (χ0) is 23.8. The number of aryl methyl sites for hydroxylation is 1. The zero-order valence-electron chi connectivity index (χ0n) is 17.2. The first-order chi connectivity index (χ1) is 15.6. The molecule has 3 aromatic heterocycles. The van der Waals surface area contributed by atoms with Crippen LogP contribution < -0.4 is 10.6 Å². The maximum Gasteiger partial charge on any atom is 0.416 e. The van der Waals surface area contributed by atoms with E-state index < -0.39 is 29.6 Å². The van der Waals surface area contributed by atoms with Crippen molar-refractivity contribution in [2.24, 2.45) is 7.05 Å². The Hall–Kier alpha value is -3.87. The molecule has 0 saturated carbocycles. The lowest BCUT2D eigenvalue weighted by Gasteiger charge is -2.11. The molecule has 33 heavy (non-hydrogen) atoms. The fraction of sp³-hybridized carbons (Fsp3) is 0.200. The second-order valence-electron chi connectivity index (χ2n) is 7.02. The van der Waals surface area contributed by atoms with E-state index >= 15 is 0 Å². The van der Waals surface area contributed by atoms with Gasteiger partial charge in [-0.15, -0.1) is 11.3 Å². The number of aromatic nitrogens is 5. The summed E-state index contributed by atoms with van der Waals surface area (Å²) < 4.78 is 40.1. The SMILES string of the molecule is CC(NC(=O)c1ncnc2c1cnn2C)c1ncc(C(=O)Nc2cccc(C(F)(F)F)c2)s1. The van der Waals surface area contributed by atoms with Crippen LogP contribution in [0.25, 0.3) is 11.0 Å². The van der Waals surface area contributed by atoms with Gasteiger partial charge in [0.05, 0.1) is 29.4 Å². The van der Waals surface area contributed by atoms with Crippen LogP contribution in [-0.4, -0.2) is 36.5 Å². The highest BCUT2D eigenvalue weighted by atomic mass is 32.1. The van der Waals surface area contributed by atoms with Gasteiger partial charge in [-0.1, -0.05) is 6.07 Å². The number of anilines is 1. The number of nitrogens with zero attached hydrogens (tertiary/aromatic N) is 5. The zero-order valence-corrected chi connectivity index (χ0v) is 18.0. The Bertz CT molecular complexity index is 1350. The number of hydrogen-bond acceptors (Lipinski definition) is 7. The molecule has 0 aliphatic carbocycles. The smallest absolute Gasteiger partial charge is 0.342 e. The van der Waals surface area contributed by atoms with E-state index in [2.05, 4.69) is 30.7 Å². The van der Waals surface area contributed by atoms with Crippen LogP contribution in [0.15, 0.2) is 43.0 Å². The number of nitrogens with one attached hydrogen (secondary N) is 2. The van der Waals surface area contributed by atoms with Crippen LogP contribution in [0.2, 0.25) is 0 Å². The largest absolute Gasteiger partial charge is 0.416 e. The van der Waals surface area contributed by atoms with Crippen molar-refractivity contribution >= 4 is 39.9 Å². The summed E-state index contributed by atoms with van der Waals surface area (Å²) in [6, 6.07) is 3.78. The summed E-state index contributed by atoms with van der Waals surface area (Å²) in [4.78, 5) is 37.6. The predicted molar refractivity (Wildman–Crippen MR) is 114 cm³/mol. The highest BCUT2D eigenvalue weighted by Gasteiger charge is 2.30. The van der Waals surface area contributed by atoms with Gasteiger partial charge in [0, 0.05) is 12.7 Å². The number of hydrogen-bond donors (Lipinski definition) is 2. The Kier molecular flexibility index (Phi) is 5.80. The minimum absolute atomic E-state index is 0.00961. The van der Waals surface area contributed by atoms with Crippen molar-refractivity contribution in [1.29, 1.82) is 0 Å². The third-order valence-electron chi connectivity index (χ3n) is 4.66. The van der Waals surface area contributed by atoms with Crippen molar-refractivity contribution in [3.63, 3.8) is 0 Å². The quantitative estimate of drug-likeness (QED) is 0.456. The van der Waals surface area contributed by atoms with Gasteiger partial charge in [-0.2, -0.15) is 18.3 Å². The standard InChI is InChI=1S/C20H16F3N7O2S/c1-10(28-18(32)15-13-7-27-30(2)16(13)26-9-25-15)19-24-8-14(33-19)17(31)29-12-5-3-4-11(6-12)20(21,22)23/h3-10H,1-2H3,(H,28,32)(H,29,31). The second kappa shape index (κ2) is 8.58. The monoisotopic (exact) mass is 475 g/mol. The average molecular weight is 475 g/mol. The topological polar surface area (TPSA) is 115 Å². The van der Waals surface area contributed by atoms with Gasteiger partial charge in [0.1, 0.15) is 21.9 Å². The number of fused-ring (bicyclic) bond motifs is 1. The van der Waals surface area contributed by atoms with E-state index in [4.69, 9.17) is 0 Å². The van der Waals surface area contributed by atoms with Gasteiger partial charge < -0.3 is 10.6 Å².